The quantitative estimate of drug-likeness (QED) is 0.761. The van der Waals surface area contributed by atoms with Gasteiger partial charge in [0.25, 0.3) is 0 Å². The predicted octanol–water partition coefficient (Wildman–Crippen LogP) is 4.54. The summed E-state index contributed by atoms with van der Waals surface area (Å²) in [6.07, 6.45) is 7.11. The summed E-state index contributed by atoms with van der Waals surface area (Å²) in [5.41, 5.74) is 3.54. The van der Waals surface area contributed by atoms with Crippen LogP contribution in [0.5, 0.6) is 0 Å². The molecule has 1 aromatic carbocycles. The highest BCUT2D eigenvalue weighted by Crippen LogP contribution is 2.46. The average molecular weight is 315 g/mol. The number of carbonyl (C=O) groups is 1. The zero-order valence-corrected chi connectivity index (χ0v) is 14.6. The third-order valence-electron chi connectivity index (χ3n) is 5.00. The number of rotatable bonds is 4. The largest absolute Gasteiger partial charge is 0.347 e. The Labute approximate surface area is 138 Å². The van der Waals surface area contributed by atoms with Gasteiger partial charge in [0, 0.05) is 35.2 Å². The smallest absolute Gasteiger partial charge is 0.167 e. The summed E-state index contributed by atoms with van der Waals surface area (Å²) in [6, 6.07) is 8.45. The Hall–Kier alpha value is -1.22. The third kappa shape index (κ3) is 2.83. The van der Waals surface area contributed by atoms with Gasteiger partial charge in [-0.05, 0) is 24.5 Å². The minimum Gasteiger partial charge on any atom is -0.347 e. The van der Waals surface area contributed by atoms with Crippen LogP contribution >= 0.6 is 11.8 Å². The van der Waals surface area contributed by atoms with Crippen LogP contribution in [-0.4, -0.2) is 23.8 Å². The molecule has 3 heteroatoms. The molecule has 1 heterocycles. The molecule has 3 rings (SSSR count). The van der Waals surface area contributed by atoms with E-state index in [4.69, 9.17) is 0 Å². The standard InChI is InChI=1S/C19H25NOS/c1-19(2)16-10-6-7-11-17(16)20(3)18(19)12-14(21)13-22-15-8-4-5-9-15/h6-7,10-12,15H,4-5,8-9,13H2,1-3H3/b18-12+. The molecular formula is C19H25NOS. The molecule has 1 aromatic rings. The molecule has 0 radical (unpaired) electrons. The Bertz CT molecular complexity index is 599. The van der Waals surface area contributed by atoms with Crippen LogP contribution in [0.25, 0.3) is 0 Å². The van der Waals surface area contributed by atoms with Gasteiger partial charge in [0.1, 0.15) is 0 Å². The maximum absolute atomic E-state index is 12.4. The van der Waals surface area contributed by atoms with E-state index in [0.717, 1.165) is 5.70 Å². The van der Waals surface area contributed by atoms with E-state index in [9.17, 15) is 4.79 Å². The minimum atomic E-state index is -0.0982. The first-order valence-electron chi connectivity index (χ1n) is 8.20. The molecule has 118 valence electrons. The van der Waals surface area contributed by atoms with Crippen LogP contribution in [0.2, 0.25) is 0 Å². The van der Waals surface area contributed by atoms with Gasteiger partial charge >= 0.3 is 0 Å². The monoisotopic (exact) mass is 315 g/mol. The topological polar surface area (TPSA) is 20.3 Å². The lowest BCUT2D eigenvalue weighted by Crippen LogP contribution is -2.24. The zero-order valence-electron chi connectivity index (χ0n) is 13.8. The zero-order chi connectivity index (χ0) is 15.7. The Morgan fingerprint density at radius 2 is 2.00 bits per heavy atom. The Morgan fingerprint density at radius 1 is 1.32 bits per heavy atom. The first-order chi connectivity index (χ1) is 10.5. The highest BCUT2D eigenvalue weighted by molar-refractivity contribution is 8.00. The molecule has 1 saturated carbocycles. The van der Waals surface area contributed by atoms with Crippen molar-refractivity contribution in [1.29, 1.82) is 0 Å². The SMILES string of the molecule is CN1/C(=C/C(=O)CSC2CCCC2)C(C)(C)c2ccccc21. The molecule has 2 aliphatic rings. The molecule has 0 spiro atoms. The van der Waals surface area contributed by atoms with Crippen molar-refractivity contribution in [2.45, 2.75) is 50.2 Å². The van der Waals surface area contributed by atoms with Crippen molar-refractivity contribution in [3.8, 4) is 0 Å². The molecule has 0 unspecified atom stereocenters. The van der Waals surface area contributed by atoms with Crippen molar-refractivity contribution in [3.63, 3.8) is 0 Å². The Morgan fingerprint density at radius 3 is 2.68 bits per heavy atom. The fourth-order valence-electron chi connectivity index (χ4n) is 3.71. The van der Waals surface area contributed by atoms with Gasteiger partial charge in [0.15, 0.2) is 5.78 Å². The number of hydrogen-bond acceptors (Lipinski definition) is 3. The second-order valence-electron chi connectivity index (χ2n) is 6.91. The van der Waals surface area contributed by atoms with Gasteiger partial charge in [-0.2, -0.15) is 11.8 Å². The molecule has 0 bridgehead atoms. The summed E-state index contributed by atoms with van der Waals surface area (Å²) in [7, 11) is 2.07. The maximum Gasteiger partial charge on any atom is 0.167 e. The van der Waals surface area contributed by atoms with Gasteiger partial charge < -0.3 is 4.90 Å². The second-order valence-corrected chi connectivity index (χ2v) is 8.20. The summed E-state index contributed by atoms with van der Waals surface area (Å²) in [6.45, 7) is 4.41. The van der Waals surface area contributed by atoms with E-state index in [1.54, 1.807) is 0 Å². The molecular weight excluding hydrogens is 290 g/mol. The van der Waals surface area contributed by atoms with Crippen LogP contribution in [0.1, 0.15) is 45.1 Å². The number of allylic oxidation sites excluding steroid dienone is 2. The van der Waals surface area contributed by atoms with Gasteiger partial charge in [0.2, 0.25) is 0 Å². The van der Waals surface area contributed by atoms with Crippen LogP contribution < -0.4 is 4.90 Å². The third-order valence-corrected chi connectivity index (χ3v) is 6.40. The van der Waals surface area contributed by atoms with E-state index in [-0.39, 0.29) is 11.2 Å². The number of nitrogens with zero attached hydrogens (tertiary/aromatic N) is 1. The lowest BCUT2D eigenvalue weighted by Gasteiger charge is -2.24. The number of thioether (sulfide) groups is 1. The maximum atomic E-state index is 12.4. The van der Waals surface area contributed by atoms with Gasteiger partial charge in [0.05, 0.1) is 5.75 Å². The summed E-state index contributed by atoms with van der Waals surface area (Å²) < 4.78 is 0. The molecule has 0 N–H and O–H groups in total. The number of carbonyl (C=O) groups excluding carboxylic acids is 1. The summed E-state index contributed by atoms with van der Waals surface area (Å²) in [4.78, 5) is 14.6. The van der Waals surface area contributed by atoms with Crippen LogP contribution in [0.4, 0.5) is 5.69 Å². The fourth-order valence-corrected chi connectivity index (χ4v) is 4.86. The number of hydrogen-bond donors (Lipinski definition) is 0. The number of ketones is 1. The second kappa shape index (κ2) is 6.11. The van der Waals surface area contributed by atoms with E-state index in [1.165, 1.54) is 36.9 Å². The van der Waals surface area contributed by atoms with Crippen molar-refractivity contribution in [3.05, 3.63) is 41.6 Å². The average Bonchev–Trinajstić information content (AvgIpc) is 3.08. The molecule has 22 heavy (non-hydrogen) atoms. The highest BCUT2D eigenvalue weighted by Gasteiger charge is 2.38. The number of benzene rings is 1. The summed E-state index contributed by atoms with van der Waals surface area (Å²) in [5, 5.41) is 0.703. The van der Waals surface area contributed by atoms with Crippen LogP contribution in [0.15, 0.2) is 36.0 Å². The molecule has 0 aromatic heterocycles. The number of likely N-dealkylation sites (N-methyl/N-ethyl adjacent to an activating group) is 1. The van der Waals surface area contributed by atoms with Gasteiger partial charge in [-0.25, -0.2) is 0 Å². The molecule has 1 fully saturated rings. The lowest BCUT2D eigenvalue weighted by atomic mass is 9.83. The van der Waals surface area contributed by atoms with E-state index in [2.05, 4.69) is 50.1 Å². The van der Waals surface area contributed by atoms with E-state index >= 15 is 0 Å². The van der Waals surface area contributed by atoms with Crippen molar-refractivity contribution in [1.82, 2.24) is 0 Å². The Balaban J connectivity index is 1.75. The summed E-state index contributed by atoms with van der Waals surface area (Å²) in [5.74, 6) is 0.869. The summed E-state index contributed by atoms with van der Waals surface area (Å²) >= 11 is 1.85. The van der Waals surface area contributed by atoms with Crippen LogP contribution in [-0.2, 0) is 10.2 Å². The molecule has 0 atom stereocenters. The highest BCUT2D eigenvalue weighted by atomic mass is 32.2. The first kappa shape index (κ1) is 15.7. The van der Waals surface area contributed by atoms with E-state index in [0.29, 0.717) is 11.0 Å². The van der Waals surface area contributed by atoms with E-state index in [1.807, 2.05) is 17.8 Å². The van der Waals surface area contributed by atoms with Crippen LogP contribution in [0.3, 0.4) is 0 Å². The Kier molecular flexibility index (Phi) is 4.35. The normalized spacial score (nSPS) is 22.3. The van der Waals surface area contributed by atoms with E-state index < -0.39 is 0 Å². The van der Waals surface area contributed by atoms with Crippen LogP contribution in [0, 0.1) is 0 Å². The molecule has 1 aliphatic heterocycles. The van der Waals surface area contributed by atoms with Crippen molar-refractivity contribution < 1.29 is 4.79 Å². The van der Waals surface area contributed by atoms with Gasteiger partial charge in [-0.1, -0.05) is 44.9 Å². The molecule has 0 amide bonds. The van der Waals surface area contributed by atoms with Crippen molar-refractivity contribution >= 4 is 23.2 Å². The number of anilines is 1. The van der Waals surface area contributed by atoms with Crippen molar-refractivity contribution in [2.75, 3.05) is 17.7 Å². The lowest BCUT2D eigenvalue weighted by molar-refractivity contribution is -0.112. The first-order valence-corrected chi connectivity index (χ1v) is 9.25. The van der Waals surface area contributed by atoms with Gasteiger partial charge in [-0.15, -0.1) is 0 Å². The minimum absolute atomic E-state index is 0.0982. The van der Waals surface area contributed by atoms with Gasteiger partial charge in [-0.3, -0.25) is 4.79 Å². The number of para-hydroxylation sites is 1. The fraction of sp³-hybridized carbons (Fsp3) is 0.526. The molecule has 2 nitrogen and oxygen atoms in total. The molecule has 0 saturated heterocycles. The molecule has 1 aliphatic carbocycles. The van der Waals surface area contributed by atoms with Crippen molar-refractivity contribution in [2.24, 2.45) is 0 Å². The number of fused-ring (bicyclic) bond motifs is 1. The predicted molar refractivity (Wildman–Crippen MR) is 95.7 cm³/mol.